The fourth-order valence-electron chi connectivity index (χ4n) is 8.85. The van der Waals surface area contributed by atoms with Crippen LogP contribution in [0.3, 0.4) is 0 Å². The van der Waals surface area contributed by atoms with E-state index < -0.39 is 11.4 Å². The normalized spacial score (nSPS) is 49.4. The second-order valence-electron chi connectivity index (χ2n) is 11.8. The number of rotatable bonds is 4. The minimum Gasteiger partial charge on any atom is -0.481 e. The quantitative estimate of drug-likeness (QED) is 0.656. The van der Waals surface area contributed by atoms with Gasteiger partial charge in [0.2, 0.25) is 0 Å². The third-order valence-corrected chi connectivity index (χ3v) is 9.32. The number of fused-ring (bicyclic) bond motifs is 4. The van der Waals surface area contributed by atoms with Gasteiger partial charge in [0.1, 0.15) is 5.78 Å². The minimum atomic E-state index is -0.538. The van der Waals surface area contributed by atoms with Crippen molar-refractivity contribution in [1.29, 1.82) is 0 Å². The molecule has 4 rings (SSSR count). The zero-order valence-corrected chi connectivity index (χ0v) is 17.6. The van der Waals surface area contributed by atoms with Crippen molar-refractivity contribution in [2.24, 2.45) is 33.5 Å². The van der Waals surface area contributed by atoms with Crippen molar-refractivity contribution < 1.29 is 14.7 Å². The molecule has 152 valence electrons. The molecular weight excluding hydrogens is 336 g/mol. The van der Waals surface area contributed by atoms with Gasteiger partial charge in [-0.25, -0.2) is 0 Å². The molecule has 4 saturated carbocycles. The number of carbonyl (C=O) groups is 2. The number of aliphatic carboxylic acids is 1. The van der Waals surface area contributed by atoms with Gasteiger partial charge in [0, 0.05) is 6.42 Å². The second-order valence-corrected chi connectivity index (χ2v) is 11.8. The summed E-state index contributed by atoms with van der Waals surface area (Å²) in [5.41, 5.74) is -0.00585. The van der Waals surface area contributed by atoms with Gasteiger partial charge in [-0.1, -0.05) is 39.5 Å². The molecule has 4 aliphatic rings. The molecule has 0 aromatic rings. The van der Waals surface area contributed by atoms with Crippen LogP contribution in [0.2, 0.25) is 0 Å². The fraction of sp³-hybridized carbons (Fsp3) is 0.917. The van der Waals surface area contributed by atoms with Gasteiger partial charge in [0.15, 0.2) is 0 Å². The maximum Gasteiger partial charge on any atom is 0.309 e. The molecule has 1 N–H and O–H groups in total. The predicted molar refractivity (Wildman–Crippen MR) is 106 cm³/mol. The van der Waals surface area contributed by atoms with Crippen molar-refractivity contribution >= 4 is 11.8 Å². The van der Waals surface area contributed by atoms with Gasteiger partial charge in [-0.3, -0.25) is 4.79 Å². The van der Waals surface area contributed by atoms with Crippen LogP contribution in [0.5, 0.6) is 0 Å². The van der Waals surface area contributed by atoms with E-state index in [1.165, 1.54) is 44.9 Å². The Labute approximate surface area is 164 Å². The molecule has 0 aromatic carbocycles. The minimum absolute atomic E-state index is 0.112. The molecule has 27 heavy (non-hydrogen) atoms. The smallest absolute Gasteiger partial charge is 0.309 e. The van der Waals surface area contributed by atoms with Crippen LogP contribution < -0.4 is 0 Å². The zero-order valence-electron chi connectivity index (χ0n) is 17.6. The van der Waals surface area contributed by atoms with Crippen molar-refractivity contribution in [3.8, 4) is 0 Å². The summed E-state index contributed by atoms with van der Waals surface area (Å²) in [5.74, 6) is 1.10. The summed E-state index contributed by atoms with van der Waals surface area (Å²) in [5, 5.41) is 10.2. The van der Waals surface area contributed by atoms with Crippen molar-refractivity contribution in [2.75, 3.05) is 0 Å². The van der Waals surface area contributed by atoms with E-state index in [2.05, 4.69) is 13.8 Å². The Morgan fingerprint density at radius 1 is 0.926 bits per heavy atom. The van der Waals surface area contributed by atoms with Gasteiger partial charge in [-0.05, 0) is 86.4 Å². The van der Waals surface area contributed by atoms with Crippen LogP contribution in [-0.4, -0.2) is 16.9 Å². The van der Waals surface area contributed by atoms with Crippen LogP contribution in [0.1, 0.15) is 104 Å². The van der Waals surface area contributed by atoms with Crippen LogP contribution in [0, 0.1) is 33.5 Å². The molecule has 0 aromatic heterocycles. The van der Waals surface area contributed by atoms with Gasteiger partial charge >= 0.3 is 5.97 Å². The van der Waals surface area contributed by atoms with E-state index >= 15 is 0 Å². The number of carboxylic acids is 1. The summed E-state index contributed by atoms with van der Waals surface area (Å²) >= 11 is 0. The standard InChI is InChI=1S/C24H38O3/c1-17(25)10-21(2)11-18-7-5-9-24(14-18,15-21)22(3)12-19-6-4-8-23(13-19,16-22)20(26)27/h18-19H,4-16H2,1-3H3,(H,26,27). The lowest BCUT2D eigenvalue weighted by atomic mass is 9.40. The van der Waals surface area contributed by atoms with Crippen LogP contribution in [0.25, 0.3) is 0 Å². The van der Waals surface area contributed by atoms with E-state index in [9.17, 15) is 14.7 Å². The lowest BCUT2D eigenvalue weighted by Crippen LogP contribution is -2.57. The molecule has 0 spiro atoms. The molecule has 4 fully saturated rings. The average molecular weight is 375 g/mol. The topological polar surface area (TPSA) is 54.4 Å². The first-order valence-electron chi connectivity index (χ1n) is 11.3. The maximum atomic E-state index is 12.4. The zero-order chi connectivity index (χ0) is 19.5. The van der Waals surface area contributed by atoms with Crippen LogP contribution in [-0.2, 0) is 9.59 Å². The molecule has 6 unspecified atom stereocenters. The van der Waals surface area contributed by atoms with Gasteiger partial charge in [-0.15, -0.1) is 0 Å². The Kier molecular flexibility index (Phi) is 4.56. The number of carbonyl (C=O) groups excluding carboxylic acids is 1. The summed E-state index contributed by atoms with van der Waals surface area (Å²) in [4.78, 5) is 24.4. The third kappa shape index (κ3) is 3.17. The summed E-state index contributed by atoms with van der Waals surface area (Å²) < 4.78 is 0. The Morgan fingerprint density at radius 3 is 2.26 bits per heavy atom. The van der Waals surface area contributed by atoms with Gasteiger partial charge < -0.3 is 9.90 Å². The van der Waals surface area contributed by atoms with Crippen LogP contribution in [0.15, 0.2) is 0 Å². The second kappa shape index (κ2) is 6.32. The Bertz CT molecular complexity index is 642. The predicted octanol–water partition coefficient (Wildman–Crippen LogP) is 6.00. The number of hydrogen-bond donors (Lipinski definition) is 1. The van der Waals surface area contributed by atoms with Crippen LogP contribution >= 0.6 is 0 Å². The highest BCUT2D eigenvalue weighted by Gasteiger charge is 2.62. The molecule has 3 nitrogen and oxygen atoms in total. The fourth-order valence-corrected chi connectivity index (χ4v) is 8.85. The van der Waals surface area contributed by atoms with Crippen molar-refractivity contribution in [1.82, 2.24) is 0 Å². The molecule has 4 aliphatic carbocycles. The molecule has 4 bridgehead atoms. The Hall–Kier alpha value is -0.860. The first-order valence-corrected chi connectivity index (χ1v) is 11.3. The number of hydrogen-bond acceptors (Lipinski definition) is 2. The monoisotopic (exact) mass is 374 g/mol. The molecule has 0 amide bonds. The van der Waals surface area contributed by atoms with E-state index in [4.69, 9.17) is 0 Å². The summed E-state index contributed by atoms with van der Waals surface area (Å²) in [6.07, 6.45) is 14.3. The lowest BCUT2D eigenvalue weighted by molar-refractivity contribution is -0.178. The van der Waals surface area contributed by atoms with Gasteiger partial charge in [0.25, 0.3) is 0 Å². The highest BCUT2D eigenvalue weighted by molar-refractivity contribution is 5.76. The van der Waals surface area contributed by atoms with Crippen LogP contribution in [0.4, 0.5) is 0 Å². The summed E-state index contributed by atoms with van der Waals surface area (Å²) in [7, 11) is 0. The number of Topliss-reactive ketones (excluding diaryl/α,β-unsaturated/α-hetero) is 1. The Morgan fingerprint density at radius 2 is 1.59 bits per heavy atom. The molecule has 6 atom stereocenters. The van der Waals surface area contributed by atoms with Crippen molar-refractivity contribution in [3.63, 3.8) is 0 Å². The third-order valence-electron chi connectivity index (χ3n) is 9.32. The molecule has 3 heteroatoms. The molecule has 0 heterocycles. The SMILES string of the molecule is CC(=O)CC1(C)CC2CCCC(C3(C)CC4CCCC(C(=O)O)(C4)C3)(C2)C1. The van der Waals surface area contributed by atoms with E-state index in [0.717, 1.165) is 38.0 Å². The lowest BCUT2D eigenvalue weighted by Gasteiger charge is -2.64. The van der Waals surface area contributed by atoms with E-state index in [-0.39, 0.29) is 16.2 Å². The van der Waals surface area contributed by atoms with Gasteiger partial charge in [0.05, 0.1) is 5.41 Å². The highest BCUT2D eigenvalue weighted by Crippen LogP contribution is 2.70. The molecular formula is C24H38O3. The van der Waals surface area contributed by atoms with Gasteiger partial charge in [-0.2, -0.15) is 0 Å². The van der Waals surface area contributed by atoms with E-state index in [1.807, 2.05) is 0 Å². The largest absolute Gasteiger partial charge is 0.481 e. The number of carboxylic acid groups (broad SMARTS) is 1. The summed E-state index contributed by atoms with van der Waals surface area (Å²) in [6, 6.07) is 0. The highest BCUT2D eigenvalue weighted by atomic mass is 16.4. The molecule has 0 aliphatic heterocycles. The molecule has 0 radical (unpaired) electrons. The van der Waals surface area contributed by atoms with E-state index in [0.29, 0.717) is 18.1 Å². The first-order chi connectivity index (χ1) is 12.6. The average Bonchev–Trinajstić information content (AvgIpc) is 2.52. The van der Waals surface area contributed by atoms with E-state index in [1.54, 1.807) is 6.92 Å². The Balaban J connectivity index is 1.70. The molecule has 0 saturated heterocycles. The number of ketones is 1. The van der Waals surface area contributed by atoms with Crippen molar-refractivity contribution in [2.45, 2.75) is 104 Å². The summed E-state index contributed by atoms with van der Waals surface area (Å²) in [6.45, 7) is 6.54. The first kappa shape index (κ1) is 19.5. The maximum absolute atomic E-state index is 12.4. The van der Waals surface area contributed by atoms with Crippen molar-refractivity contribution in [3.05, 3.63) is 0 Å².